The quantitative estimate of drug-likeness (QED) is 0.346. The van der Waals surface area contributed by atoms with E-state index in [1.165, 1.54) is 12.1 Å². The number of alkyl carbamates (subject to hydrolysis) is 1. The lowest BCUT2D eigenvalue weighted by atomic mass is 9.97. The van der Waals surface area contributed by atoms with E-state index in [0.29, 0.717) is 12.0 Å². The number of aromatic hydroxyl groups is 2. The molecule has 2 aliphatic rings. The number of β-lactam (4-membered cyclic amide) rings is 1. The first-order chi connectivity index (χ1) is 13.5. The van der Waals surface area contributed by atoms with Gasteiger partial charge in [0.2, 0.25) is 5.91 Å². The maximum Gasteiger partial charge on any atom is 0.407 e. The number of sulfone groups is 1. The van der Waals surface area contributed by atoms with Crippen molar-refractivity contribution in [1.82, 2.24) is 10.2 Å². The summed E-state index contributed by atoms with van der Waals surface area (Å²) in [5.74, 6) is -2.63. The molecule has 3 atom stereocenters. The molecule has 0 aromatic heterocycles. The van der Waals surface area contributed by atoms with Crippen LogP contribution in [0.25, 0.3) is 0 Å². The third-order valence-electron chi connectivity index (χ3n) is 5.26. The van der Waals surface area contributed by atoms with Crippen LogP contribution in [0, 0.1) is 0 Å². The molecule has 11 nitrogen and oxygen atoms in total. The minimum atomic E-state index is -4.06. The van der Waals surface area contributed by atoms with E-state index in [1.54, 1.807) is 6.07 Å². The monoisotopic (exact) mass is 428 g/mol. The number of carbonyl (C=O) groups excluding carboxylic acids is 2. The van der Waals surface area contributed by atoms with Crippen LogP contribution in [0.2, 0.25) is 0 Å². The molecule has 12 heteroatoms. The molecule has 2 fully saturated rings. The number of nitrogens with one attached hydrogen (secondary N) is 1. The van der Waals surface area contributed by atoms with Crippen molar-refractivity contribution < 1.29 is 42.9 Å². The minimum absolute atomic E-state index is 0.0854. The zero-order valence-corrected chi connectivity index (χ0v) is 16.2. The first kappa shape index (κ1) is 20.7. The number of phenolic OH excluding ortho intramolecular Hbond substituents is 2. The number of amides is 2. The second-order valence-electron chi connectivity index (χ2n) is 7.13. The molecule has 0 aliphatic carbocycles. The SMILES string of the molecule is C[C@]1(COC(=O)NCCc2ccc(O)c(O)c2)[C@H](C(=O)O)N2C(=O)C[C@H]2S1(=O)=O. The van der Waals surface area contributed by atoms with E-state index in [2.05, 4.69) is 5.32 Å². The molecule has 3 rings (SSSR count). The lowest BCUT2D eigenvalue weighted by Crippen LogP contribution is -2.58. The molecule has 2 saturated heterocycles. The van der Waals surface area contributed by atoms with E-state index < -0.39 is 50.6 Å². The van der Waals surface area contributed by atoms with Crippen LogP contribution in [-0.2, 0) is 30.6 Å². The fourth-order valence-electron chi connectivity index (χ4n) is 3.57. The zero-order valence-electron chi connectivity index (χ0n) is 15.4. The third-order valence-corrected chi connectivity index (χ3v) is 8.01. The fourth-order valence-corrected chi connectivity index (χ4v) is 5.84. The predicted octanol–water partition coefficient (Wildman–Crippen LogP) is -0.435. The number of ether oxygens (including phenoxy) is 1. The number of carboxylic acids is 1. The van der Waals surface area contributed by atoms with Crippen LogP contribution < -0.4 is 5.32 Å². The number of phenols is 2. The summed E-state index contributed by atoms with van der Waals surface area (Å²) >= 11 is 0. The van der Waals surface area contributed by atoms with Crippen LogP contribution >= 0.6 is 0 Å². The number of nitrogens with zero attached hydrogens (tertiary/aromatic N) is 1. The van der Waals surface area contributed by atoms with Crippen molar-refractivity contribution in [3.8, 4) is 11.5 Å². The third kappa shape index (κ3) is 3.33. The topological polar surface area (TPSA) is 171 Å². The second-order valence-corrected chi connectivity index (χ2v) is 9.70. The number of hydrogen-bond donors (Lipinski definition) is 4. The summed E-state index contributed by atoms with van der Waals surface area (Å²) in [5.41, 5.74) is 0.625. The van der Waals surface area contributed by atoms with Gasteiger partial charge in [-0.3, -0.25) is 4.79 Å². The van der Waals surface area contributed by atoms with Crippen molar-refractivity contribution in [2.24, 2.45) is 0 Å². The first-order valence-electron chi connectivity index (χ1n) is 8.68. The Morgan fingerprint density at radius 2 is 2.00 bits per heavy atom. The summed E-state index contributed by atoms with van der Waals surface area (Å²) in [6.45, 7) is 0.514. The van der Waals surface area contributed by atoms with Crippen LogP contribution in [0.5, 0.6) is 11.5 Å². The van der Waals surface area contributed by atoms with Crippen LogP contribution in [0.4, 0.5) is 4.79 Å². The Hall–Kier alpha value is -3.02. The Morgan fingerprint density at radius 3 is 2.59 bits per heavy atom. The smallest absolute Gasteiger partial charge is 0.407 e. The van der Waals surface area contributed by atoms with E-state index >= 15 is 0 Å². The van der Waals surface area contributed by atoms with Gasteiger partial charge in [-0.05, 0) is 31.0 Å². The molecule has 0 unspecified atom stereocenters. The summed E-state index contributed by atoms with van der Waals surface area (Å²) in [7, 11) is -4.06. The Morgan fingerprint density at radius 1 is 1.31 bits per heavy atom. The molecule has 2 heterocycles. The zero-order chi connectivity index (χ0) is 21.6. The number of rotatable bonds is 6. The summed E-state index contributed by atoms with van der Waals surface area (Å²) in [6, 6.07) is 2.54. The van der Waals surface area contributed by atoms with Crippen LogP contribution in [0.15, 0.2) is 18.2 Å². The molecular formula is C17H20N2O9S. The van der Waals surface area contributed by atoms with Gasteiger partial charge < -0.3 is 30.3 Å². The van der Waals surface area contributed by atoms with Gasteiger partial charge in [0.25, 0.3) is 0 Å². The van der Waals surface area contributed by atoms with E-state index in [1.807, 2.05) is 0 Å². The van der Waals surface area contributed by atoms with Crippen molar-refractivity contribution in [1.29, 1.82) is 0 Å². The van der Waals surface area contributed by atoms with Gasteiger partial charge in [0.05, 0.1) is 6.42 Å². The predicted molar refractivity (Wildman–Crippen MR) is 96.8 cm³/mol. The first-order valence-corrected chi connectivity index (χ1v) is 10.2. The largest absolute Gasteiger partial charge is 0.504 e. The number of carbonyl (C=O) groups is 3. The highest BCUT2D eigenvalue weighted by molar-refractivity contribution is 7.94. The van der Waals surface area contributed by atoms with Gasteiger partial charge in [0.1, 0.15) is 16.7 Å². The van der Waals surface area contributed by atoms with Crippen LogP contribution in [0.1, 0.15) is 18.9 Å². The van der Waals surface area contributed by atoms with Gasteiger partial charge in [-0.2, -0.15) is 0 Å². The van der Waals surface area contributed by atoms with Gasteiger partial charge in [-0.25, -0.2) is 18.0 Å². The normalized spacial score (nSPS) is 27.1. The molecule has 29 heavy (non-hydrogen) atoms. The highest BCUT2D eigenvalue weighted by atomic mass is 32.2. The molecule has 158 valence electrons. The van der Waals surface area contributed by atoms with E-state index in [4.69, 9.17) is 4.74 Å². The van der Waals surface area contributed by atoms with Gasteiger partial charge >= 0.3 is 12.1 Å². The average molecular weight is 428 g/mol. The fraction of sp³-hybridized carbons (Fsp3) is 0.471. The van der Waals surface area contributed by atoms with Crippen molar-refractivity contribution in [2.45, 2.75) is 35.9 Å². The van der Waals surface area contributed by atoms with Gasteiger partial charge in [0, 0.05) is 6.54 Å². The molecule has 2 amide bonds. The summed E-state index contributed by atoms with van der Waals surface area (Å²) in [5, 5.41) is 29.3. The van der Waals surface area contributed by atoms with Gasteiger partial charge in [-0.15, -0.1) is 0 Å². The van der Waals surface area contributed by atoms with Crippen molar-refractivity contribution in [3.63, 3.8) is 0 Å². The van der Waals surface area contributed by atoms with E-state index in [9.17, 15) is 38.1 Å². The van der Waals surface area contributed by atoms with E-state index in [-0.39, 0.29) is 24.5 Å². The average Bonchev–Trinajstić information content (AvgIpc) is 2.78. The second kappa shape index (κ2) is 7.10. The molecule has 0 radical (unpaired) electrons. The van der Waals surface area contributed by atoms with Crippen molar-refractivity contribution in [3.05, 3.63) is 23.8 Å². The van der Waals surface area contributed by atoms with Crippen molar-refractivity contribution in [2.75, 3.05) is 13.2 Å². The molecule has 1 aromatic rings. The number of fused-ring (bicyclic) bond motifs is 1. The maximum absolute atomic E-state index is 12.7. The number of carboxylic acid groups (broad SMARTS) is 1. The highest BCUT2D eigenvalue weighted by Crippen LogP contribution is 2.46. The minimum Gasteiger partial charge on any atom is -0.504 e. The van der Waals surface area contributed by atoms with Crippen LogP contribution in [0.3, 0.4) is 0 Å². The Labute approximate surface area is 165 Å². The number of hydrogen-bond acceptors (Lipinski definition) is 8. The highest BCUT2D eigenvalue weighted by Gasteiger charge is 2.70. The molecule has 0 saturated carbocycles. The molecular weight excluding hydrogens is 408 g/mol. The Bertz CT molecular complexity index is 977. The molecule has 2 aliphatic heterocycles. The molecule has 0 spiro atoms. The summed E-state index contributed by atoms with van der Waals surface area (Å²) in [6.07, 6.45) is -0.942. The molecule has 0 bridgehead atoms. The standard InChI is InChI=1S/C17H20N2O9S/c1-17(14(15(23)24)19-12(22)7-13(19)29(17,26)27)8-28-16(25)18-5-4-9-2-3-10(20)11(21)6-9/h2-3,6,13-14,20-21H,4-5,7-8H2,1H3,(H,18,25)(H,23,24)/t13-,14+,17+/m1/s1. The lowest BCUT2D eigenvalue weighted by Gasteiger charge is -2.35. The molecule has 4 N–H and O–H groups in total. The van der Waals surface area contributed by atoms with Crippen LogP contribution in [-0.4, -0.2) is 75.9 Å². The van der Waals surface area contributed by atoms with Gasteiger partial charge in [-0.1, -0.05) is 6.07 Å². The summed E-state index contributed by atoms with van der Waals surface area (Å²) < 4.78 is 28.4. The maximum atomic E-state index is 12.7. The van der Waals surface area contributed by atoms with Crippen molar-refractivity contribution >= 4 is 27.8 Å². The Balaban J connectivity index is 1.60. The Kier molecular flexibility index (Phi) is 5.07. The molecule has 1 aromatic carbocycles. The summed E-state index contributed by atoms with van der Waals surface area (Å²) in [4.78, 5) is 36.1. The number of aliphatic carboxylic acids is 1. The van der Waals surface area contributed by atoms with Gasteiger partial charge in [0.15, 0.2) is 27.4 Å². The lowest BCUT2D eigenvalue weighted by molar-refractivity contribution is -0.158. The van der Waals surface area contributed by atoms with E-state index in [0.717, 1.165) is 11.8 Å². The number of benzene rings is 1.